The van der Waals surface area contributed by atoms with Gasteiger partial charge >= 0.3 is 6.09 Å². The Balaban J connectivity index is 1.79. The first-order valence-corrected chi connectivity index (χ1v) is 8.32. The highest BCUT2D eigenvalue weighted by molar-refractivity contribution is 5.75. The molecule has 0 N–H and O–H groups in total. The van der Waals surface area contributed by atoms with Crippen molar-refractivity contribution in [3.8, 4) is 0 Å². The van der Waals surface area contributed by atoms with Gasteiger partial charge in [-0.05, 0) is 56.7 Å². The van der Waals surface area contributed by atoms with Crippen LogP contribution in [0.2, 0.25) is 0 Å². The first kappa shape index (κ1) is 15.9. The molecule has 2 aliphatic heterocycles. The standard InChI is InChI=1S/C20H25NO2/c1-5-14-6-8-15(9-7-14)16-12-17-10-11-18(13-16)21(17)19(22)23-20(2,3)4/h5-9,12,17-18H,1,10-11,13H2,2-4H3. The van der Waals surface area contributed by atoms with Crippen molar-refractivity contribution in [3.63, 3.8) is 0 Å². The maximum Gasteiger partial charge on any atom is 0.411 e. The van der Waals surface area contributed by atoms with Crippen LogP contribution in [0.1, 0.15) is 51.2 Å². The number of hydrogen-bond donors (Lipinski definition) is 0. The third-order valence-electron chi connectivity index (χ3n) is 4.52. The molecular formula is C20H25NO2. The van der Waals surface area contributed by atoms with E-state index in [1.54, 1.807) is 0 Å². The topological polar surface area (TPSA) is 29.5 Å². The highest BCUT2D eigenvalue weighted by atomic mass is 16.6. The van der Waals surface area contributed by atoms with Crippen molar-refractivity contribution >= 4 is 17.7 Å². The summed E-state index contributed by atoms with van der Waals surface area (Å²) in [6, 6.07) is 8.89. The van der Waals surface area contributed by atoms with E-state index in [0.29, 0.717) is 0 Å². The summed E-state index contributed by atoms with van der Waals surface area (Å²) in [5.74, 6) is 0. The summed E-state index contributed by atoms with van der Waals surface area (Å²) in [4.78, 5) is 14.4. The van der Waals surface area contributed by atoms with Crippen LogP contribution in [0.3, 0.4) is 0 Å². The van der Waals surface area contributed by atoms with Crippen LogP contribution in [-0.2, 0) is 4.74 Å². The van der Waals surface area contributed by atoms with E-state index in [4.69, 9.17) is 4.74 Å². The van der Waals surface area contributed by atoms with Crippen LogP contribution in [0.15, 0.2) is 36.9 Å². The quantitative estimate of drug-likeness (QED) is 0.778. The van der Waals surface area contributed by atoms with Crippen molar-refractivity contribution in [3.05, 3.63) is 48.0 Å². The fourth-order valence-corrected chi connectivity index (χ4v) is 3.48. The molecule has 1 amide bonds. The van der Waals surface area contributed by atoms with Crippen LogP contribution in [0.4, 0.5) is 4.79 Å². The van der Waals surface area contributed by atoms with Gasteiger partial charge in [0.05, 0.1) is 6.04 Å². The monoisotopic (exact) mass is 311 g/mol. The normalized spacial score (nSPS) is 23.4. The molecule has 1 saturated heterocycles. The van der Waals surface area contributed by atoms with Crippen LogP contribution >= 0.6 is 0 Å². The van der Waals surface area contributed by atoms with Crippen LogP contribution < -0.4 is 0 Å². The molecule has 3 heteroatoms. The molecule has 122 valence electrons. The average molecular weight is 311 g/mol. The van der Waals surface area contributed by atoms with Crippen LogP contribution in [0, 0.1) is 0 Å². The fraction of sp³-hybridized carbons (Fsp3) is 0.450. The van der Waals surface area contributed by atoms with Gasteiger partial charge in [0, 0.05) is 6.04 Å². The lowest BCUT2D eigenvalue weighted by molar-refractivity contribution is 0.0175. The summed E-state index contributed by atoms with van der Waals surface area (Å²) in [7, 11) is 0. The molecule has 2 heterocycles. The Morgan fingerprint density at radius 1 is 1.26 bits per heavy atom. The van der Waals surface area contributed by atoms with Gasteiger partial charge in [0.15, 0.2) is 0 Å². The Kier molecular flexibility index (Phi) is 4.05. The molecule has 3 rings (SSSR count). The van der Waals surface area contributed by atoms with E-state index in [-0.39, 0.29) is 18.2 Å². The molecule has 1 aromatic rings. The lowest BCUT2D eigenvalue weighted by Crippen LogP contribution is -2.45. The van der Waals surface area contributed by atoms with Gasteiger partial charge in [0.2, 0.25) is 0 Å². The summed E-state index contributed by atoms with van der Waals surface area (Å²) in [6.45, 7) is 9.54. The van der Waals surface area contributed by atoms with Gasteiger partial charge in [0.1, 0.15) is 5.60 Å². The molecule has 23 heavy (non-hydrogen) atoms. The van der Waals surface area contributed by atoms with E-state index >= 15 is 0 Å². The third kappa shape index (κ3) is 3.34. The van der Waals surface area contributed by atoms with E-state index in [0.717, 1.165) is 24.8 Å². The van der Waals surface area contributed by atoms with Crippen molar-refractivity contribution in [1.82, 2.24) is 4.90 Å². The zero-order chi connectivity index (χ0) is 16.6. The Hall–Kier alpha value is -2.03. The van der Waals surface area contributed by atoms with Crippen molar-refractivity contribution in [1.29, 1.82) is 0 Å². The van der Waals surface area contributed by atoms with Crippen molar-refractivity contribution in [2.24, 2.45) is 0 Å². The lowest BCUT2D eigenvalue weighted by Gasteiger charge is -2.35. The van der Waals surface area contributed by atoms with Gasteiger partial charge in [-0.3, -0.25) is 4.90 Å². The fourth-order valence-electron chi connectivity index (χ4n) is 3.48. The number of nitrogens with zero attached hydrogens (tertiary/aromatic N) is 1. The molecule has 2 atom stereocenters. The van der Waals surface area contributed by atoms with E-state index in [1.165, 1.54) is 11.1 Å². The molecule has 2 unspecified atom stereocenters. The zero-order valence-corrected chi connectivity index (χ0v) is 14.2. The van der Waals surface area contributed by atoms with Crippen molar-refractivity contribution in [2.45, 2.75) is 57.7 Å². The smallest absolute Gasteiger partial charge is 0.411 e. The number of amides is 1. The maximum atomic E-state index is 12.5. The Labute approximate surface area is 138 Å². The summed E-state index contributed by atoms with van der Waals surface area (Å²) in [5.41, 5.74) is 3.27. The minimum Gasteiger partial charge on any atom is -0.444 e. The van der Waals surface area contributed by atoms with Gasteiger partial charge in [-0.25, -0.2) is 4.79 Å². The number of carbonyl (C=O) groups excluding carboxylic acids is 1. The van der Waals surface area contributed by atoms with Gasteiger partial charge < -0.3 is 4.74 Å². The Morgan fingerprint density at radius 3 is 2.52 bits per heavy atom. The molecule has 3 nitrogen and oxygen atoms in total. The third-order valence-corrected chi connectivity index (χ3v) is 4.52. The first-order chi connectivity index (χ1) is 10.9. The zero-order valence-electron chi connectivity index (χ0n) is 14.2. The molecule has 0 radical (unpaired) electrons. The number of rotatable bonds is 2. The second-order valence-electron chi connectivity index (χ2n) is 7.41. The predicted octanol–water partition coefficient (Wildman–Crippen LogP) is 4.88. The number of hydrogen-bond acceptors (Lipinski definition) is 2. The molecule has 0 aliphatic carbocycles. The second kappa shape index (κ2) is 5.88. The minimum absolute atomic E-state index is 0.165. The van der Waals surface area contributed by atoms with E-state index in [1.807, 2.05) is 31.7 Å². The lowest BCUT2D eigenvalue weighted by atomic mass is 9.94. The molecule has 0 spiro atoms. The molecule has 0 saturated carbocycles. The van der Waals surface area contributed by atoms with Crippen molar-refractivity contribution in [2.75, 3.05) is 0 Å². The minimum atomic E-state index is -0.443. The SMILES string of the molecule is C=Cc1ccc(C2=CC3CCC(C2)N3C(=O)OC(C)(C)C)cc1. The largest absolute Gasteiger partial charge is 0.444 e. The van der Waals surface area contributed by atoms with Crippen LogP contribution in [-0.4, -0.2) is 28.7 Å². The number of fused-ring (bicyclic) bond motifs is 2. The summed E-state index contributed by atoms with van der Waals surface area (Å²) in [5, 5.41) is 0. The highest BCUT2D eigenvalue weighted by Crippen LogP contribution is 2.39. The van der Waals surface area contributed by atoms with Crippen molar-refractivity contribution < 1.29 is 9.53 Å². The van der Waals surface area contributed by atoms with Gasteiger partial charge in [-0.15, -0.1) is 0 Å². The summed E-state index contributed by atoms with van der Waals surface area (Å²) in [6.07, 6.45) is 6.90. The molecule has 1 fully saturated rings. The van der Waals surface area contributed by atoms with E-state index in [9.17, 15) is 4.79 Å². The van der Waals surface area contributed by atoms with Gasteiger partial charge in [-0.2, -0.15) is 0 Å². The number of benzene rings is 1. The van der Waals surface area contributed by atoms with E-state index < -0.39 is 5.60 Å². The number of carbonyl (C=O) groups is 1. The molecule has 1 aromatic carbocycles. The van der Waals surface area contributed by atoms with Gasteiger partial charge in [0.25, 0.3) is 0 Å². The molecular weight excluding hydrogens is 286 g/mol. The summed E-state index contributed by atoms with van der Waals surface area (Å²) >= 11 is 0. The van der Waals surface area contributed by atoms with Gasteiger partial charge in [-0.1, -0.05) is 43.0 Å². The predicted molar refractivity (Wildman–Crippen MR) is 94.0 cm³/mol. The average Bonchev–Trinajstić information content (AvgIpc) is 2.76. The number of ether oxygens (including phenoxy) is 1. The van der Waals surface area contributed by atoms with Crippen LogP contribution in [0.5, 0.6) is 0 Å². The van der Waals surface area contributed by atoms with E-state index in [2.05, 4.69) is 36.9 Å². The molecule has 2 aliphatic rings. The summed E-state index contributed by atoms with van der Waals surface area (Å²) < 4.78 is 5.58. The first-order valence-electron chi connectivity index (χ1n) is 8.32. The van der Waals surface area contributed by atoms with Crippen LogP contribution in [0.25, 0.3) is 11.6 Å². The maximum absolute atomic E-state index is 12.5. The highest BCUT2D eigenvalue weighted by Gasteiger charge is 2.41. The Morgan fingerprint density at radius 2 is 1.96 bits per heavy atom. The second-order valence-corrected chi connectivity index (χ2v) is 7.41. The Bertz CT molecular complexity index is 637. The molecule has 0 aromatic heterocycles. The molecule has 2 bridgehead atoms.